The van der Waals surface area contributed by atoms with Crippen molar-refractivity contribution in [2.45, 2.75) is 26.8 Å². The molecule has 2 rings (SSSR count). The Labute approximate surface area is 116 Å². The number of aromatic carboxylic acids is 1. The SMILES string of the molecule is Cc1ccc(C(C)Nc2cc(C(=O)O)ccc2C)s1. The van der Waals surface area contributed by atoms with Crippen LogP contribution < -0.4 is 5.32 Å². The van der Waals surface area contributed by atoms with Gasteiger partial charge in [-0.3, -0.25) is 0 Å². The lowest BCUT2D eigenvalue weighted by molar-refractivity contribution is 0.0697. The molecule has 2 aromatic rings. The van der Waals surface area contributed by atoms with Crippen LogP contribution in [0.15, 0.2) is 30.3 Å². The van der Waals surface area contributed by atoms with Crippen molar-refractivity contribution in [2.75, 3.05) is 5.32 Å². The van der Waals surface area contributed by atoms with Gasteiger partial charge in [0.2, 0.25) is 0 Å². The summed E-state index contributed by atoms with van der Waals surface area (Å²) in [4.78, 5) is 13.5. The molecular weight excluding hydrogens is 258 g/mol. The van der Waals surface area contributed by atoms with Crippen LogP contribution in [0.3, 0.4) is 0 Å². The molecule has 1 aromatic heterocycles. The Bertz CT molecular complexity index is 604. The number of carbonyl (C=O) groups is 1. The van der Waals surface area contributed by atoms with E-state index in [4.69, 9.17) is 5.11 Å². The summed E-state index contributed by atoms with van der Waals surface area (Å²) in [6.07, 6.45) is 0. The molecule has 4 heteroatoms. The van der Waals surface area contributed by atoms with Crippen LogP contribution in [0.4, 0.5) is 5.69 Å². The summed E-state index contributed by atoms with van der Waals surface area (Å²) in [6, 6.07) is 9.52. The van der Waals surface area contributed by atoms with E-state index in [0.717, 1.165) is 11.3 Å². The van der Waals surface area contributed by atoms with Crippen LogP contribution in [0, 0.1) is 13.8 Å². The van der Waals surface area contributed by atoms with E-state index in [-0.39, 0.29) is 6.04 Å². The van der Waals surface area contributed by atoms with Crippen molar-refractivity contribution in [1.82, 2.24) is 0 Å². The van der Waals surface area contributed by atoms with Gasteiger partial charge in [-0.2, -0.15) is 0 Å². The summed E-state index contributed by atoms with van der Waals surface area (Å²) >= 11 is 1.75. The number of hydrogen-bond donors (Lipinski definition) is 2. The number of carboxylic acids is 1. The zero-order chi connectivity index (χ0) is 14.0. The molecule has 0 bridgehead atoms. The number of nitrogens with one attached hydrogen (secondary N) is 1. The first kappa shape index (κ1) is 13.6. The number of carboxylic acid groups (broad SMARTS) is 1. The van der Waals surface area contributed by atoms with E-state index in [1.807, 2.05) is 13.0 Å². The van der Waals surface area contributed by atoms with Crippen molar-refractivity contribution in [3.05, 3.63) is 51.2 Å². The summed E-state index contributed by atoms with van der Waals surface area (Å²) in [5.74, 6) is -0.900. The maximum absolute atomic E-state index is 11.0. The van der Waals surface area contributed by atoms with E-state index in [0.29, 0.717) is 5.56 Å². The molecule has 1 aromatic carbocycles. The van der Waals surface area contributed by atoms with Crippen molar-refractivity contribution < 1.29 is 9.90 Å². The normalized spacial score (nSPS) is 12.2. The summed E-state index contributed by atoms with van der Waals surface area (Å²) in [5, 5.41) is 12.4. The molecule has 1 unspecified atom stereocenters. The van der Waals surface area contributed by atoms with Crippen molar-refractivity contribution in [3.8, 4) is 0 Å². The topological polar surface area (TPSA) is 49.3 Å². The van der Waals surface area contributed by atoms with E-state index < -0.39 is 5.97 Å². The smallest absolute Gasteiger partial charge is 0.335 e. The van der Waals surface area contributed by atoms with E-state index in [2.05, 4.69) is 31.3 Å². The monoisotopic (exact) mass is 275 g/mol. The predicted octanol–water partition coefficient (Wildman–Crippen LogP) is 4.24. The fourth-order valence-electron chi connectivity index (χ4n) is 1.90. The molecule has 0 saturated heterocycles. The molecular formula is C15H17NO2S. The molecule has 0 saturated carbocycles. The van der Waals surface area contributed by atoms with E-state index in [1.165, 1.54) is 9.75 Å². The van der Waals surface area contributed by atoms with Gasteiger partial charge in [0.25, 0.3) is 0 Å². The molecule has 2 N–H and O–H groups in total. The van der Waals surface area contributed by atoms with Crippen LogP contribution in [0.5, 0.6) is 0 Å². The van der Waals surface area contributed by atoms with Gasteiger partial charge in [-0.15, -0.1) is 11.3 Å². The predicted molar refractivity (Wildman–Crippen MR) is 79.2 cm³/mol. The Morgan fingerprint density at radius 3 is 2.58 bits per heavy atom. The second-order valence-electron chi connectivity index (χ2n) is 4.65. The highest BCUT2D eigenvalue weighted by Crippen LogP contribution is 2.27. The minimum atomic E-state index is -0.900. The second-order valence-corrected chi connectivity index (χ2v) is 5.97. The van der Waals surface area contributed by atoms with Gasteiger partial charge in [0.05, 0.1) is 11.6 Å². The Kier molecular flexibility index (Phi) is 3.90. The third-order valence-corrected chi connectivity index (χ3v) is 4.23. The zero-order valence-corrected chi connectivity index (χ0v) is 12.0. The summed E-state index contributed by atoms with van der Waals surface area (Å²) < 4.78 is 0. The van der Waals surface area contributed by atoms with Crippen molar-refractivity contribution in [1.29, 1.82) is 0 Å². The molecule has 100 valence electrons. The fourth-order valence-corrected chi connectivity index (χ4v) is 2.78. The van der Waals surface area contributed by atoms with Gasteiger partial charge in [0.1, 0.15) is 0 Å². The number of anilines is 1. The molecule has 0 aliphatic heterocycles. The van der Waals surface area contributed by atoms with Gasteiger partial charge in [-0.05, 0) is 50.6 Å². The average Bonchev–Trinajstić information content (AvgIpc) is 2.78. The summed E-state index contributed by atoms with van der Waals surface area (Å²) in [5.41, 5.74) is 2.23. The fraction of sp³-hybridized carbons (Fsp3) is 0.267. The van der Waals surface area contributed by atoms with Gasteiger partial charge in [0.15, 0.2) is 0 Å². The van der Waals surface area contributed by atoms with E-state index >= 15 is 0 Å². The number of aryl methyl sites for hydroxylation is 2. The molecule has 3 nitrogen and oxygen atoms in total. The average molecular weight is 275 g/mol. The first-order valence-electron chi connectivity index (χ1n) is 6.14. The quantitative estimate of drug-likeness (QED) is 0.877. The summed E-state index contributed by atoms with van der Waals surface area (Å²) in [6.45, 7) is 6.13. The second kappa shape index (κ2) is 5.45. The number of benzene rings is 1. The Morgan fingerprint density at radius 2 is 2.00 bits per heavy atom. The Morgan fingerprint density at radius 1 is 1.26 bits per heavy atom. The first-order valence-corrected chi connectivity index (χ1v) is 6.96. The molecule has 1 heterocycles. The maximum atomic E-state index is 11.0. The molecule has 0 aliphatic rings. The van der Waals surface area contributed by atoms with Gasteiger partial charge >= 0.3 is 5.97 Å². The van der Waals surface area contributed by atoms with Gasteiger partial charge in [-0.25, -0.2) is 4.79 Å². The first-order chi connectivity index (χ1) is 8.97. The van der Waals surface area contributed by atoms with Crippen LogP contribution in [0.1, 0.15) is 38.6 Å². The van der Waals surface area contributed by atoms with E-state index in [9.17, 15) is 4.79 Å². The van der Waals surface area contributed by atoms with Crippen LogP contribution in [0.25, 0.3) is 0 Å². The Hall–Kier alpha value is -1.81. The molecule has 1 atom stereocenters. The van der Waals surface area contributed by atoms with Gasteiger partial charge < -0.3 is 10.4 Å². The molecule has 19 heavy (non-hydrogen) atoms. The van der Waals surface area contributed by atoms with Crippen molar-refractivity contribution >= 4 is 23.0 Å². The molecule has 0 fully saturated rings. The zero-order valence-electron chi connectivity index (χ0n) is 11.2. The highest BCUT2D eigenvalue weighted by atomic mass is 32.1. The highest BCUT2D eigenvalue weighted by Gasteiger charge is 2.11. The van der Waals surface area contributed by atoms with Crippen LogP contribution in [0.2, 0.25) is 0 Å². The molecule has 0 aliphatic carbocycles. The highest BCUT2D eigenvalue weighted by molar-refractivity contribution is 7.12. The minimum Gasteiger partial charge on any atom is -0.478 e. The standard InChI is InChI=1S/C15H17NO2S/c1-9-4-6-12(15(17)18)8-13(9)16-11(3)14-7-5-10(2)19-14/h4-8,11,16H,1-3H3,(H,17,18). The van der Waals surface area contributed by atoms with Gasteiger partial charge in [-0.1, -0.05) is 6.07 Å². The summed E-state index contributed by atoms with van der Waals surface area (Å²) in [7, 11) is 0. The lowest BCUT2D eigenvalue weighted by Crippen LogP contribution is -2.07. The third-order valence-electron chi connectivity index (χ3n) is 3.04. The van der Waals surface area contributed by atoms with E-state index in [1.54, 1.807) is 23.5 Å². The van der Waals surface area contributed by atoms with Crippen LogP contribution in [-0.4, -0.2) is 11.1 Å². The molecule has 0 spiro atoms. The van der Waals surface area contributed by atoms with Crippen molar-refractivity contribution in [3.63, 3.8) is 0 Å². The molecule has 0 radical (unpaired) electrons. The lowest BCUT2D eigenvalue weighted by Gasteiger charge is -2.16. The Balaban J connectivity index is 2.22. The largest absolute Gasteiger partial charge is 0.478 e. The third kappa shape index (κ3) is 3.15. The van der Waals surface area contributed by atoms with Crippen LogP contribution >= 0.6 is 11.3 Å². The lowest BCUT2D eigenvalue weighted by atomic mass is 10.1. The van der Waals surface area contributed by atoms with Crippen molar-refractivity contribution in [2.24, 2.45) is 0 Å². The van der Waals surface area contributed by atoms with Gasteiger partial charge in [0, 0.05) is 15.4 Å². The van der Waals surface area contributed by atoms with Crippen LogP contribution in [-0.2, 0) is 0 Å². The maximum Gasteiger partial charge on any atom is 0.335 e. The molecule has 0 amide bonds. The minimum absolute atomic E-state index is 0.168. The number of rotatable bonds is 4. The number of hydrogen-bond acceptors (Lipinski definition) is 3. The number of thiophene rings is 1.